The number of nitrogens with one attached hydrogen (secondary N) is 1. The van der Waals surface area contributed by atoms with Crippen molar-refractivity contribution >= 4 is 22.1 Å². The van der Waals surface area contributed by atoms with Crippen LogP contribution in [0.2, 0.25) is 0 Å². The Kier molecular flexibility index (Phi) is 4.77. The van der Waals surface area contributed by atoms with E-state index in [0.717, 1.165) is 6.42 Å². The highest BCUT2D eigenvalue weighted by Crippen LogP contribution is 2.02. The maximum absolute atomic E-state index is 10.6. The van der Waals surface area contributed by atoms with Gasteiger partial charge in [0.05, 0.1) is 0 Å². The first-order chi connectivity index (χ1) is 4.16. The topological polar surface area (TPSA) is 29.1 Å². The summed E-state index contributed by atoms with van der Waals surface area (Å²) in [4.78, 5) is 10.6. The summed E-state index contributed by atoms with van der Waals surface area (Å²) in [5.41, 5.74) is 0. The molecule has 1 N–H and O–H groups in total. The first-order valence-electron chi connectivity index (χ1n) is 3.06. The molecule has 0 saturated carbocycles. The van der Waals surface area contributed by atoms with E-state index in [2.05, 4.69) is 34.3 Å². The van der Waals surface area contributed by atoms with E-state index in [0.29, 0.717) is 12.3 Å². The van der Waals surface area contributed by atoms with Crippen LogP contribution in [0.25, 0.3) is 0 Å². The molecule has 0 atom stereocenters. The Bertz CT molecular complexity index is 93.1. The van der Waals surface area contributed by atoms with Crippen molar-refractivity contribution in [3.63, 3.8) is 0 Å². The molecular weight excluding hydrogens is 182 g/mol. The van der Waals surface area contributed by atoms with Crippen molar-refractivity contribution in [1.82, 2.24) is 4.34 Å². The second-order valence-electron chi connectivity index (χ2n) is 2.45. The van der Waals surface area contributed by atoms with Crippen LogP contribution in [0.5, 0.6) is 0 Å². The summed E-state index contributed by atoms with van der Waals surface area (Å²) in [6.45, 7) is 4.20. The molecule has 0 fully saturated rings. The van der Waals surface area contributed by atoms with Crippen molar-refractivity contribution in [2.75, 3.05) is 0 Å². The van der Waals surface area contributed by atoms with Gasteiger partial charge in [0.2, 0.25) is 5.91 Å². The monoisotopic (exact) mass is 193 g/mol. The molecule has 0 heterocycles. The molecule has 3 heteroatoms. The summed E-state index contributed by atoms with van der Waals surface area (Å²) in [6.07, 6.45) is 1.57. The van der Waals surface area contributed by atoms with Crippen LogP contribution in [0.15, 0.2) is 0 Å². The highest BCUT2D eigenvalue weighted by molar-refractivity contribution is 9.08. The van der Waals surface area contributed by atoms with E-state index in [1.807, 2.05) is 0 Å². The van der Waals surface area contributed by atoms with Crippen LogP contribution in [0.3, 0.4) is 0 Å². The Balaban J connectivity index is 3.17. The second-order valence-corrected chi connectivity index (χ2v) is 2.85. The van der Waals surface area contributed by atoms with E-state index in [1.165, 1.54) is 0 Å². The van der Waals surface area contributed by atoms with E-state index in [4.69, 9.17) is 0 Å². The van der Waals surface area contributed by atoms with Crippen LogP contribution in [0, 0.1) is 5.92 Å². The van der Waals surface area contributed by atoms with Gasteiger partial charge in [-0.05, 0) is 12.3 Å². The zero-order valence-electron chi connectivity index (χ0n) is 5.78. The first kappa shape index (κ1) is 8.95. The third-order valence-electron chi connectivity index (χ3n) is 1.05. The fraction of sp³-hybridized carbons (Fsp3) is 0.833. The largest absolute Gasteiger partial charge is 0.293 e. The number of halogens is 1. The molecule has 1 amide bonds. The minimum Gasteiger partial charge on any atom is -0.293 e. The van der Waals surface area contributed by atoms with Crippen molar-refractivity contribution < 1.29 is 4.79 Å². The number of carbonyl (C=O) groups excluding carboxylic acids is 1. The third kappa shape index (κ3) is 5.83. The summed E-state index contributed by atoms with van der Waals surface area (Å²) in [7, 11) is 0. The molecule has 0 bridgehead atoms. The average Bonchev–Trinajstić information content (AvgIpc) is 1.83. The van der Waals surface area contributed by atoms with E-state index in [1.54, 1.807) is 0 Å². The lowest BCUT2D eigenvalue weighted by molar-refractivity contribution is -0.119. The molecule has 0 saturated heterocycles. The SMILES string of the molecule is CC(C)CCC(=O)NBr. The highest BCUT2D eigenvalue weighted by atomic mass is 79.9. The van der Waals surface area contributed by atoms with Crippen LogP contribution >= 0.6 is 16.1 Å². The van der Waals surface area contributed by atoms with Gasteiger partial charge in [0.25, 0.3) is 0 Å². The van der Waals surface area contributed by atoms with E-state index in [9.17, 15) is 4.79 Å². The molecule has 0 aliphatic rings. The fourth-order valence-electron chi connectivity index (χ4n) is 0.467. The summed E-state index contributed by atoms with van der Waals surface area (Å²) in [6, 6.07) is 0. The lowest BCUT2D eigenvalue weighted by atomic mass is 10.1. The second kappa shape index (κ2) is 4.79. The van der Waals surface area contributed by atoms with E-state index in [-0.39, 0.29) is 5.91 Å². The normalized spacial score (nSPS) is 9.78. The first-order valence-corrected chi connectivity index (χ1v) is 3.85. The van der Waals surface area contributed by atoms with Crippen LogP contribution in [-0.2, 0) is 4.79 Å². The summed E-state index contributed by atoms with van der Waals surface area (Å²) >= 11 is 2.87. The summed E-state index contributed by atoms with van der Waals surface area (Å²) in [5.74, 6) is 0.665. The van der Waals surface area contributed by atoms with Crippen molar-refractivity contribution in [2.45, 2.75) is 26.7 Å². The van der Waals surface area contributed by atoms with Gasteiger partial charge in [0, 0.05) is 22.6 Å². The molecule has 0 aromatic heterocycles. The smallest absolute Gasteiger partial charge is 0.229 e. The minimum atomic E-state index is 0.0590. The molecule has 0 aliphatic heterocycles. The van der Waals surface area contributed by atoms with Gasteiger partial charge in [-0.25, -0.2) is 0 Å². The Morgan fingerprint density at radius 3 is 2.56 bits per heavy atom. The van der Waals surface area contributed by atoms with Crippen molar-refractivity contribution in [3.8, 4) is 0 Å². The molecular formula is C6H12BrNO. The van der Waals surface area contributed by atoms with Gasteiger partial charge in [-0.2, -0.15) is 0 Å². The molecule has 0 aliphatic carbocycles. The molecule has 2 nitrogen and oxygen atoms in total. The van der Waals surface area contributed by atoms with Crippen LogP contribution in [0.4, 0.5) is 0 Å². The highest BCUT2D eigenvalue weighted by Gasteiger charge is 1.99. The molecule has 9 heavy (non-hydrogen) atoms. The van der Waals surface area contributed by atoms with Gasteiger partial charge >= 0.3 is 0 Å². The van der Waals surface area contributed by atoms with Gasteiger partial charge in [-0.1, -0.05) is 13.8 Å². The van der Waals surface area contributed by atoms with E-state index < -0.39 is 0 Å². The fourth-order valence-corrected chi connectivity index (χ4v) is 0.665. The number of hydrogen-bond acceptors (Lipinski definition) is 1. The Hall–Kier alpha value is -0.0500. The van der Waals surface area contributed by atoms with Crippen LogP contribution < -0.4 is 4.34 Å². The molecule has 0 unspecified atom stereocenters. The molecule has 54 valence electrons. The average molecular weight is 194 g/mol. The number of rotatable bonds is 3. The Labute approximate surface area is 64.4 Å². The third-order valence-corrected chi connectivity index (χ3v) is 1.50. The number of carbonyl (C=O) groups is 1. The predicted octanol–water partition coefficient (Wildman–Crippen LogP) is 1.85. The summed E-state index contributed by atoms with van der Waals surface area (Å²) in [5, 5.41) is 0. The molecule has 0 aromatic rings. The maximum Gasteiger partial charge on any atom is 0.229 e. The summed E-state index contributed by atoms with van der Waals surface area (Å²) < 4.78 is 2.39. The van der Waals surface area contributed by atoms with Crippen molar-refractivity contribution in [1.29, 1.82) is 0 Å². The van der Waals surface area contributed by atoms with Gasteiger partial charge in [-0.3, -0.25) is 9.14 Å². The van der Waals surface area contributed by atoms with Gasteiger partial charge in [-0.15, -0.1) is 0 Å². The standard InChI is InChI=1S/C6H12BrNO/c1-5(2)3-4-6(9)8-7/h5H,3-4H2,1-2H3,(H,8,9). The molecule has 0 spiro atoms. The van der Waals surface area contributed by atoms with Crippen molar-refractivity contribution in [2.24, 2.45) is 5.92 Å². The number of hydrogen-bond donors (Lipinski definition) is 1. The quantitative estimate of drug-likeness (QED) is 0.682. The molecule has 0 rings (SSSR count). The number of amides is 1. The zero-order valence-corrected chi connectivity index (χ0v) is 7.36. The zero-order chi connectivity index (χ0) is 7.28. The molecule has 0 radical (unpaired) electrons. The van der Waals surface area contributed by atoms with E-state index >= 15 is 0 Å². The lowest BCUT2D eigenvalue weighted by Gasteiger charge is -2.00. The predicted molar refractivity (Wildman–Crippen MR) is 41.1 cm³/mol. The molecule has 0 aromatic carbocycles. The Morgan fingerprint density at radius 2 is 2.22 bits per heavy atom. The van der Waals surface area contributed by atoms with Gasteiger partial charge < -0.3 is 0 Å². The maximum atomic E-state index is 10.6. The minimum absolute atomic E-state index is 0.0590. The van der Waals surface area contributed by atoms with Crippen molar-refractivity contribution in [3.05, 3.63) is 0 Å². The van der Waals surface area contributed by atoms with Crippen LogP contribution in [0.1, 0.15) is 26.7 Å². The Morgan fingerprint density at radius 1 is 1.67 bits per heavy atom. The van der Waals surface area contributed by atoms with Gasteiger partial charge in [0.1, 0.15) is 0 Å². The lowest BCUT2D eigenvalue weighted by Crippen LogP contribution is -2.11. The van der Waals surface area contributed by atoms with Gasteiger partial charge in [0.15, 0.2) is 0 Å². The van der Waals surface area contributed by atoms with Crippen LogP contribution in [-0.4, -0.2) is 5.91 Å².